The van der Waals surface area contributed by atoms with E-state index in [1.54, 1.807) is 19.2 Å². The maximum atomic E-state index is 13.5. The molecule has 1 aliphatic rings. The Morgan fingerprint density at radius 2 is 1.98 bits per heavy atom. The number of amides is 2. The van der Waals surface area contributed by atoms with Crippen molar-refractivity contribution in [3.63, 3.8) is 0 Å². The number of nitrogens with zero attached hydrogens (tertiary/aromatic N) is 6. The summed E-state index contributed by atoms with van der Waals surface area (Å²) in [6.07, 6.45) is 4.68. The molecule has 0 spiro atoms. The lowest BCUT2D eigenvalue weighted by atomic mass is 9.96. The quantitative estimate of drug-likeness (QED) is 0.130. The summed E-state index contributed by atoms with van der Waals surface area (Å²) in [6, 6.07) is 12.2. The number of ketones is 1. The molecule has 41 heavy (non-hydrogen) atoms. The van der Waals surface area contributed by atoms with Crippen molar-refractivity contribution in [3.8, 4) is 6.19 Å². The van der Waals surface area contributed by atoms with E-state index in [1.807, 2.05) is 37.3 Å². The molecular formula is C29H27N9O3. The Kier molecular flexibility index (Phi) is 7.51. The van der Waals surface area contributed by atoms with Crippen molar-refractivity contribution in [1.82, 2.24) is 30.2 Å². The molecular weight excluding hydrogens is 522 g/mol. The van der Waals surface area contributed by atoms with Crippen LogP contribution in [0.2, 0.25) is 0 Å². The van der Waals surface area contributed by atoms with E-state index < -0.39 is 11.8 Å². The zero-order chi connectivity index (χ0) is 29.1. The second-order valence-electron chi connectivity index (χ2n) is 9.81. The minimum absolute atomic E-state index is 0.0106. The van der Waals surface area contributed by atoms with Crippen LogP contribution >= 0.6 is 0 Å². The van der Waals surface area contributed by atoms with Gasteiger partial charge in [0.25, 0.3) is 17.6 Å². The van der Waals surface area contributed by atoms with Crippen LogP contribution in [0.4, 0.5) is 0 Å². The lowest BCUT2D eigenvalue weighted by Crippen LogP contribution is -2.30. The Hall–Kier alpha value is -5.44. The van der Waals surface area contributed by atoms with Crippen LogP contribution in [0.15, 0.2) is 53.8 Å². The highest BCUT2D eigenvalue weighted by molar-refractivity contribution is 5.98. The van der Waals surface area contributed by atoms with Gasteiger partial charge >= 0.3 is 0 Å². The maximum Gasteiger partial charge on any atom is 0.270 e. The zero-order valence-corrected chi connectivity index (χ0v) is 22.5. The van der Waals surface area contributed by atoms with Gasteiger partial charge in [0.1, 0.15) is 23.6 Å². The number of hydrogen-bond donors (Lipinski definition) is 3. The third-order valence-corrected chi connectivity index (χ3v) is 7.12. The number of aromatic nitrogens is 4. The van der Waals surface area contributed by atoms with Crippen molar-refractivity contribution in [2.24, 2.45) is 10.7 Å². The Morgan fingerprint density at radius 1 is 1.17 bits per heavy atom. The fraction of sp³-hybridized carbons (Fsp3) is 0.241. The molecule has 0 radical (unpaired) electrons. The molecule has 0 aliphatic heterocycles. The summed E-state index contributed by atoms with van der Waals surface area (Å²) < 4.78 is 1.29. The number of hydrogen-bond acceptors (Lipinski definition) is 8. The normalized spacial score (nSPS) is 14.4. The molecule has 0 bridgehead atoms. The molecule has 0 saturated heterocycles. The van der Waals surface area contributed by atoms with Crippen LogP contribution in [0.3, 0.4) is 0 Å². The number of amidine groups is 1. The third kappa shape index (κ3) is 5.65. The number of fused-ring (bicyclic) bond motifs is 2. The smallest absolute Gasteiger partial charge is 0.270 e. The number of carbonyl (C=O) groups excluding carboxylic acids is 3. The molecule has 12 nitrogen and oxygen atoms in total. The lowest BCUT2D eigenvalue weighted by Gasteiger charge is -2.16. The van der Waals surface area contributed by atoms with Crippen molar-refractivity contribution in [1.29, 1.82) is 5.26 Å². The van der Waals surface area contributed by atoms with E-state index in [2.05, 4.69) is 30.7 Å². The summed E-state index contributed by atoms with van der Waals surface area (Å²) >= 11 is 0. The molecule has 0 unspecified atom stereocenters. The van der Waals surface area contributed by atoms with Crippen molar-refractivity contribution < 1.29 is 14.4 Å². The molecule has 5 rings (SSSR count). The SMILES string of the molecule is CC(=O)c1ccc2c(c1C)CC[C@@H]2NC(=O)c1cc(C(=O)NCc2cccc(CC(N)=NC#N)c2)nc2ncnn12. The number of benzene rings is 2. The van der Waals surface area contributed by atoms with Crippen LogP contribution in [0.5, 0.6) is 0 Å². The highest BCUT2D eigenvalue weighted by Crippen LogP contribution is 2.35. The summed E-state index contributed by atoms with van der Waals surface area (Å²) in [5.41, 5.74) is 11.2. The first kappa shape index (κ1) is 27.1. The molecule has 4 aromatic rings. The zero-order valence-electron chi connectivity index (χ0n) is 22.5. The maximum absolute atomic E-state index is 13.5. The fourth-order valence-electron chi connectivity index (χ4n) is 5.17. The van der Waals surface area contributed by atoms with Gasteiger partial charge in [0.2, 0.25) is 6.19 Å². The van der Waals surface area contributed by atoms with Crippen LogP contribution < -0.4 is 16.4 Å². The van der Waals surface area contributed by atoms with Gasteiger partial charge in [-0.3, -0.25) is 14.4 Å². The standard InChI is InChI=1S/C29H27N9O3/c1-16-20(17(2)39)6-7-22-21(16)8-9-23(22)36-28(41)25-12-24(37-29-34-15-35-38(25)29)27(40)32-13-19-5-3-4-18(10-19)11-26(31)33-14-30/h3-7,10,12,15,23H,8-9,11,13H2,1-2H3,(H2,31,33)(H,32,40)(H,36,41)/t23-/m0/s1. The first-order valence-electron chi connectivity index (χ1n) is 13.0. The van der Waals surface area contributed by atoms with Crippen LogP contribution in [0, 0.1) is 18.4 Å². The Balaban J connectivity index is 1.33. The summed E-state index contributed by atoms with van der Waals surface area (Å²) in [5, 5.41) is 18.6. The molecule has 0 saturated carbocycles. The molecule has 1 aliphatic carbocycles. The van der Waals surface area contributed by atoms with Gasteiger partial charge in [-0.2, -0.15) is 24.9 Å². The minimum Gasteiger partial charge on any atom is -0.386 e. The Labute approximate surface area is 235 Å². The number of nitriles is 1. The van der Waals surface area contributed by atoms with Gasteiger partial charge in [0, 0.05) is 24.6 Å². The van der Waals surface area contributed by atoms with Gasteiger partial charge in [0.05, 0.1) is 6.04 Å². The predicted molar refractivity (Wildman–Crippen MR) is 149 cm³/mol. The minimum atomic E-state index is -0.487. The number of Topliss-reactive ketones (excluding diaryl/α,β-unsaturated/α-hetero) is 1. The van der Waals surface area contributed by atoms with E-state index in [9.17, 15) is 14.4 Å². The van der Waals surface area contributed by atoms with Crippen LogP contribution in [0.1, 0.15) is 78.5 Å². The molecule has 206 valence electrons. The van der Waals surface area contributed by atoms with E-state index in [4.69, 9.17) is 11.0 Å². The van der Waals surface area contributed by atoms with Gasteiger partial charge < -0.3 is 16.4 Å². The fourth-order valence-corrected chi connectivity index (χ4v) is 5.17. The van der Waals surface area contributed by atoms with Gasteiger partial charge in [-0.05, 0) is 54.5 Å². The predicted octanol–water partition coefficient (Wildman–Crippen LogP) is 2.36. The Morgan fingerprint density at radius 3 is 2.76 bits per heavy atom. The van der Waals surface area contributed by atoms with Crippen LogP contribution in [0.25, 0.3) is 5.78 Å². The van der Waals surface area contributed by atoms with Crippen LogP contribution in [-0.4, -0.2) is 43.0 Å². The van der Waals surface area contributed by atoms with E-state index in [1.165, 1.54) is 16.9 Å². The van der Waals surface area contributed by atoms with Crippen molar-refractivity contribution >= 4 is 29.2 Å². The third-order valence-electron chi connectivity index (χ3n) is 7.12. The topological polar surface area (TPSA) is 181 Å². The molecule has 2 amide bonds. The van der Waals surface area contributed by atoms with Gasteiger partial charge in [0.15, 0.2) is 5.78 Å². The molecule has 2 aromatic heterocycles. The van der Waals surface area contributed by atoms with Gasteiger partial charge in [-0.1, -0.05) is 36.4 Å². The van der Waals surface area contributed by atoms with E-state index >= 15 is 0 Å². The van der Waals surface area contributed by atoms with Crippen molar-refractivity contribution in [3.05, 3.63) is 93.6 Å². The number of aliphatic imine (C=N–C) groups is 1. The lowest BCUT2D eigenvalue weighted by molar-refractivity contribution is 0.0927. The largest absolute Gasteiger partial charge is 0.386 e. The second-order valence-corrected chi connectivity index (χ2v) is 9.81. The van der Waals surface area contributed by atoms with Crippen molar-refractivity contribution in [2.45, 2.75) is 45.7 Å². The molecule has 4 N–H and O–H groups in total. The molecule has 12 heteroatoms. The highest BCUT2D eigenvalue weighted by atomic mass is 16.2. The summed E-state index contributed by atoms with van der Waals surface area (Å²) in [4.78, 5) is 50.4. The average molecular weight is 550 g/mol. The van der Waals surface area contributed by atoms with Crippen molar-refractivity contribution in [2.75, 3.05) is 0 Å². The highest BCUT2D eigenvalue weighted by Gasteiger charge is 2.28. The Bertz CT molecular complexity index is 1770. The molecule has 2 heterocycles. The number of nitrogens with one attached hydrogen (secondary N) is 2. The number of carbonyl (C=O) groups is 3. The average Bonchev–Trinajstić information content (AvgIpc) is 3.59. The summed E-state index contributed by atoms with van der Waals surface area (Å²) in [7, 11) is 0. The number of rotatable bonds is 8. The van der Waals surface area contributed by atoms with E-state index in [-0.39, 0.29) is 41.4 Å². The molecule has 2 aromatic carbocycles. The van der Waals surface area contributed by atoms with Crippen LogP contribution in [-0.2, 0) is 19.4 Å². The molecule has 0 fully saturated rings. The van der Waals surface area contributed by atoms with E-state index in [0.717, 1.165) is 34.2 Å². The first-order valence-corrected chi connectivity index (χ1v) is 13.0. The molecule has 1 atom stereocenters. The first-order chi connectivity index (χ1) is 19.7. The summed E-state index contributed by atoms with van der Waals surface area (Å²) in [5.74, 6) is -0.587. The van der Waals surface area contributed by atoms with Gasteiger partial charge in [-0.25, -0.2) is 4.98 Å². The van der Waals surface area contributed by atoms with E-state index in [0.29, 0.717) is 18.4 Å². The summed E-state index contributed by atoms with van der Waals surface area (Å²) in [6.45, 7) is 3.68. The van der Waals surface area contributed by atoms with Gasteiger partial charge in [-0.15, -0.1) is 0 Å². The number of nitrogens with two attached hydrogens (primary N) is 1. The second kappa shape index (κ2) is 11.4. The monoisotopic (exact) mass is 549 g/mol.